The van der Waals surface area contributed by atoms with Crippen LogP contribution in [0.4, 0.5) is 17.8 Å². The van der Waals surface area contributed by atoms with Crippen LogP contribution in [0.2, 0.25) is 0 Å². The topological polar surface area (TPSA) is 109 Å². The van der Waals surface area contributed by atoms with Gasteiger partial charge in [-0.1, -0.05) is 0 Å². The summed E-state index contributed by atoms with van der Waals surface area (Å²) in [5.74, 6) is 1.46. The average Bonchev–Trinajstić information content (AvgIpc) is 2.97. The summed E-state index contributed by atoms with van der Waals surface area (Å²) in [6.07, 6.45) is 3.36. The number of anilines is 3. The second-order valence-electron chi connectivity index (χ2n) is 4.72. The molecule has 0 aromatic carbocycles. The fourth-order valence-corrected chi connectivity index (χ4v) is 2.08. The normalized spacial score (nSPS) is 14.3. The van der Waals surface area contributed by atoms with E-state index >= 15 is 0 Å². The predicted octanol–water partition coefficient (Wildman–Crippen LogP) is 0.191. The number of carbonyl (C=O) groups is 1. The van der Waals surface area contributed by atoms with Crippen LogP contribution in [0.15, 0.2) is 0 Å². The van der Waals surface area contributed by atoms with E-state index in [-0.39, 0.29) is 5.91 Å². The molecule has 0 radical (unpaired) electrons. The van der Waals surface area contributed by atoms with Gasteiger partial charge in [-0.25, -0.2) is 0 Å². The lowest BCUT2D eigenvalue weighted by atomic mass is 10.3. The number of nitrogens with two attached hydrogens (primary N) is 1. The molecule has 20 heavy (non-hydrogen) atoms. The fraction of sp³-hybridized carbons (Fsp3) is 0.667. The van der Waals surface area contributed by atoms with Crippen molar-refractivity contribution in [2.75, 3.05) is 42.2 Å². The molecule has 0 saturated carbocycles. The minimum atomic E-state index is -0.295. The van der Waals surface area contributed by atoms with Crippen molar-refractivity contribution in [2.45, 2.75) is 25.7 Å². The van der Waals surface area contributed by atoms with E-state index in [1.807, 2.05) is 0 Å². The molecule has 1 aliphatic heterocycles. The van der Waals surface area contributed by atoms with Gasteiger partial charge in [0.05, 0.1) is 0 Å². The third-order valence-electron chi connectivity index (χ3n) is 3.12. The number of hydrogen-bond acceptors (Lipinski definition) is 7. The second kappa shape index (κ2) is 6.88. The zero-order valence-electron chi connectivity index (χ0n) is 11.7. The highest BCUT2D eigenvalue weighted by atomic mass is 16.1. The summed E-state index contributed by atoms with van der Waals surface area (Å²) >= 11 is 0. The quantitative estimate of drug-likeness (QED) is 0.611. The Kier molecular flexibility index (Phi) is 4.91. The van der Waals surface area contributed by atoms with Gasteiger partial charge in [0.2, 0.25) is 23.8 Å². The van der Waals surface area contributed by atoms with Crippen molar-refractivity contribution < 1.29 is 4.79 Å². The standard InChI is InChI=1S/C12H21N7O/c1-14-10-16-11(15-6-4-5-9(13)20)18-12(17-10)19-7-2-3-8-19/h2-8H2,1H3,(H2,13,20)(H2,14,15,16,17,18). The summed E-state index contributed by atoms with van der Waals surface area (Å²) < 4.78 is 0. The summed E-state index contributed by atoms with van der Waals surface area (Å²) in [6, 6.07) is 0. The molecule has 1 amide bonds. The highest BCUT2D eigenvalue weighted by Gasteiger charge is 2.17. The smallest absolute Gasteiger partial charge is 0.231 e. The van der Waals surface area contributed by atoms with Crippen molar-refractivity contribution in [1.29, 1.82) is 0 Å². The van der Waals surface area contributed by atoms with E-state index in [4.69, 9.17) is 5.73 Å². The van der Waals surface area contributed by atoms with Gasteiger partial charge in [0.25, 0.3) is 0 Å². The molecule has 0 spiro atoms. The molecule has 1 fully saturated rings. The van der Waals surface area contributed by atoms with Gasteiger partial charge < -0.3 is 21.3 Å². The van der Waals surface area contributed by atoms with Crippen LogP contribution in [0.1, 0.15) is 25.7 Å². The van der Waals surface area contributed by atoms with Crippen LogP contribution in [-0.2, 0) is 4.79 Å². The Bertz CT molecular complexity index is 459. The molecule has 1 aliphatic rings. The van der Waals surface area contributed by atoms with Crippen LogP contribution < -0.4 is 21.3 Å². The number of nitrogens with zero attached hydrogens (tertiary/aromatic N) is 4. The molecule has 1 aromatic heterocycles. The monoisotopic (exact) mass is 279 g/mol. The minimum absolute atomic E-state index is 0.295. The van der Waals surface area contributed by atoms with Crippen molar-refractivity contribution in [1.82, 2.24) is 15.0 Å². The number of nitrogens with one attached hydrogen (secondary N) is 2. The van der Waals surface area contributed by atoms with Crippen molar-refractivity contribution in [2.24, 2.45) is 5.73 Å². The lowest BCUT2D eigenvalue weighted by Gasteiger charge is -2.16. The zero-order chi connectivity index (χ0) is 14.4. The molecule has 0 unspecified atom stereocenters. The Labute approximate surface area is 118 Å². The van der Waals surface area contributed by atoms with Gasteiger partial charge in [0, 0.05) is 33.1 Å². The van der Waals surface area contributed by atoms with Crippen LogP contribution in [0.25, 0.3) is 0 Å². The largest absolute Gasteiger partial charge is 0.370 e. The average molecular weight is 279 g/mol. The van der Waals surface area contributed by atoms with Crippen LogP contribution in [0.5, 0.6) is 0 Å². The van der Waals surface area contributed by atoms with Gasteiger partial charge in [-0.05, 0) is 19.3 Å². The van der Waals surface area contributed by atoms with E-state index in [1.165, 1.54) is 12.8 Å². The van der Waals surface area contributed by atoms with Crippen molar-refractivity contribution >= 4 is 23.8 Å². The summed E-state index contributed by atoms with van der Waals surface area (Å²) in [7, 11) is 1.78. The fourth-order valence-electron chi connectivity index (χ4n) is 2.08. The van der Waals surface area contributed by atoms with Crippen molar-refractivity contribution in [3.8, 4) is 0 Å². The SMILES string of the molecule is CNc1nc(NCCCC(N)=O)nc(N2CCCC2)n1. The molecule has 1 aromatic rings. The molecule has 1 saturated heterocycles. The van der Waals surface area contributed by atoms with E-state index in [1.54, 1.807) is 7.05 Å². The number of hydrogen-bond donors (Lipinski definition) is 3. The first-order valence-corrected chi connectivity index (χ1v) is 6.90. The number of amides is 1. The van der Waals surface area contributed by atoms with Gasteiger partial charge >= 0.3 is 0 Å². The third kappa shape index (κ3) is 3.94. The predicted molar refractivity (Wildman–Crippen MR) is 77.7 cm³/mol. The van der Waals surface area contributed by atoms with Gasteiger partial charge in [-0.3, -0.25) is 4.79 Å². The van der Waals surface area contributed by atoms with Crippen LogP contribution >= 0.6 is 0 Å². The van der Waals surface area contributed by atoms with Gasteiger partial charge in [-0.2, -0.15) is 15.0 Å². The van der Waals surface area contributed by atoms with Gasteiger partial charge in [-0.15, -0.1) is 0 Å². The molecule has 2 heterocycles. The highest BCUT2D eigenvalue weighted by molar-refractivity contribution is 5.73. The van der Waals surface area contributed by atoms with E-state index in [2.05, 4.69) is 30.5 Å². The van der Waals surface area contributed by atoms with E-state index in [0.29, 0.717) is 37.2 Å². The molecule has 8 heteroatoms. The summed E-state index contributed by atoms with van der Waals surface area (Å²) in [4.78, 5) is 25.9. The Morgan fingerprint density at radius 3 is 2.60 bits per heavy atom. The third-order valence-corrected chi connectivity index (χ3v) is 3.12. The van der Waals surface area contributed by atoms with Crippen molar-refractivity contribution in [3.05, 3.63) is 0 Å². The lowest BCUT2D eigenvalue weighted by Crippen LogP contribution is -2.22. The molecule has 8 nitrogen and oxygen atoms in total. The molecule has 0 atom stereocenters. The van der Waals surface area contributed by atoms with Crippen LogP contribution in [-0.4, -0.2) is 47.5 Å². The Morgan fingerprint density at radius 1 is 1.25 bits per heavy atom. The maximum Gasteiger partial charge on any atom is 0.231 e. The van der Waals surface area contributed by atoms with Crippen molar-refractivity contribution in [3.63, 3.8) is 0 Å². The van der Waals surface area contributed by atoms with E-state index in [0.717, 1.165) is 13.1 Å². The Morgan fingerprint density at radius 2 is 1.95 bits per heavy atom. The number of aromatic nitrogens is 3. The van der Waals surface area contributed by atoms with E-state index in [9.17, 15) is 4.79 Å². The van der Waals surface area contributed by atoms with Crippen LogP contribution in [0.3, 0.4) is 0 Å². The van der Waals surface area contributed by atoms with Crippen LogP contribution in [0, 0.1) is 0 Å². The first-order valence-electron chi connectivity index (χ1n) is 6.90. The molecular formula is C12H21N7O. The second-order valence-corrected chi connectivity index (χ2v) is 4.72. The summed E-state index contributed by atoms with van der Waals surface area (Å²) in [5.41, 5.74) is 5.10. The minimum Gasteiger partial charge on any atom is -0.370 e. The molecule has 0 bridgehead atoms. The zero-order valence-corrected chi connectivity index (χ0v) is 11.7. The van der Waals surface area contributed by atoms with E-state index < -0.39 is 0 Å². The molecular weight excluding hydrogens is 258 g/mol. The lowest BCUT2D eigenvalue weighted by molar-refractivity contribution is -0.118. The Hall–Kier alpha value is -2.12. The molecule has 0 aliphatic carbocycles. The maximum atomic E-state index is 10.7. The number of carbonyl (C=O) groups excluding carboxylic acids is 1. The summed E-state index contributed by atoms with van der Waals surface area (Å²) in [6.45, 7) is 2.57. The first-order chi connectivity index (χ1) is 9.69. The highest BCUT2D eigenvalue weighted by Crippen LogP contribution is 2.18. The Balaban J connectivity index is 1.99. The van der Waals surface area contributed by atoms with Gasteiger partial charge in [0.1, 0.15) is 0 Å². The molecule has 4 N–H and O–H groups in total. The maximum absolute atomic E-state index is 10.7. The number of rotatable bonds is 7. The molecule has 110 valence electrons. The summed E-state index contributed by atoms with van der Waals surface area (Å²) in [5, 5.41) is 6.04. The first kappa shape index (κ1) is 14.3. The number of primary amides is 1. The van der Waals surface area contributed by atoms with Gasteiger partial charge in [0.15, 0.2) is 0 Å². The molecule has 2 rings (SSSR count).